The number of hydrogen-bond acceptors (Lipinski definition) is 4. The van der Waals surface area contributed by atoms with E-state index in [4.69, 9.17) is 0 Å². The predicted molar refractivity (Wildman–Crippen MR) is 117 cm³/mol. The van der Waals surface area contributed by atoms with Crippen LogP contribution >= 0.6 is 0 Å². The molecule has 0 saturated carbocycles. The average Bonchev–Trinajstić information content (AvgIpc) is 3.13. The standard InChI is InChI=1S/C22H23F3N4O3S/c1-14-7-8-15(2)20(11-14)33(31,32)28-10-9-26-21(30)19-13-27-29(16(19)3)18-6-4-5-17(12-18)22(23,24)25/h4-8,11-13,28H,9-10H2,1-3H3,(H,26,30). The van der Waals surface area contributed by atoms with E-state index in [1.807, 2.05) is 6.07 Å². The summed E-state index contributed by atoms with van der Waals surface area (Å²) in [6, 6.07) is 9.73. The number of benzene rings is 2. The first-order valence-electron chi connectivity index (χ1n) is 9.97. The molecule has 1 amide bonds. The Hall–Kier alpha value is -3.18. The van der Waals surface area contributed by atoms with E-state index in [0.717, 1.165) is 17.7 Å². The molecule has 0 radical (unpaired) electrons. The monoisotopic (exact) mass is 480 g/mol. The maximum atomic E-state index is 13.0. The third kappa shape index (κ3) is 5.60. The zero-order valence-corrected chi connectivity index (χ0v) is 19.0. The number of amides is 1. The third-order valence-corrected chi connectivity index (χ3v) is 6.61. The van der Waals surface area contributed by atoms with Crippen molar-refractivity contribution in [1.82, 2.24) is 19.8 Å². The van der Waals surface area contributed by atoms with Gasteiger partial charge in [0.05, 0.1) is 33.6 Å². The molecule has 0 aliphatic heterocycles. The second-order valence-corrected chi connectivity index (χ2v) is 9.26. The van der Waals surface area contributed by atoms with Gasteiger partial charge in [-0.1, -0.05) is 18.2 Å². The number of carbonyl (C=O) groups is 1. The minimum atomic E-state index is -4.50. The Bertz CT molecular complexity index is 1280. The molecule has 3 aromatic rings. The number of rotatable bonds is 7. The summed E-state index contributed by atoms with van der Waals surface area (Å²) in [6.45, 7) is 5.02. The zero-order chi connectivity index (χ0) is 24.4. The van der Waals surface area contributed by atoms with Gasteiger partial charge in [0.1, 0.15) is 0 Å². The molecule has 0 bridgehead atoms. The zero-order valence-electron chi connectivity index (χ0n) is 18.2. The number of aromatic nitrogens is 2. The fraction of sp³-hybridized carbons (Fsp3) is 0.273. The maximum absolute atomic E-state index is 13.0. The Kier molecular flexibility index (Phi) is 6.94. The van der Waals surface area contributed by atoms with Gasteiger partial charge >= 0.3 is 6.18 Å². The van der Waals surface area contributed by atoms with Gasteiger partial charge in [-0.2, -0.15) is 18.3 Å². The first-order valence-corrected chi connectivity index (χ1v) is 11.5. The van der Waals surface area contributed by atoms with Gasteiger partial charge in [0, 0.05) is 13.1 Å². The molecule has 0 aliphatic carbocycles. The summed E-state index contributed by atoms with van der Waals surface area (Å²) in [5.74, 6) is -0.517. The summed E-state index contributed by atoms with van der Waals surface area (Å²) in [5.41, 5.74) is 1.28. The minimum Gasteiger partial charge on any atom is -0.351 e. The molecule has 0 saturated heterocycles. The summed E-state index contributed by atoms with van der Waals surface area (Å²) in [4.78, 5) is 12.7. The highest BCUT2D eigenvalue weighted by molar-refractivity contribution is 7.89. The van der Waals surface area contributed by atoms with Crippen molar-refractivity contribution in [1.29, 1.82) is 0 Å². The molecule has 11 heteroatoms. The molecule has 2 N–H and O–H groups in total. The fourth-order valence-electron chi connectivity index (χ4n) is 3.24. The van der Waals surface area contributed by atoms with E-state index < -0.39 is 27.7 Å². The van der Waals surface area contributed by atoms with Gasteiger partial charge in [-0.3, -0.25) is 4.79 Å². The summed E-state index contributed by atoms with van der Waals surface area (Å²) in [6.07, 6.45) is -3.24. The van der Waals surface area contributed by atoms with Gasteiger partial charge in [-0.15, -0.1) is 0 Å². The highest BCUT2D eigenvalue weighted by Crippen LogP contribution is 2.30. The number of aryl methyl sites for hydroxylation is 2. The predicted octanol–water partition coefficient (Wildman–Crippen LogP) is 3.52. The van der Waals surface area contributed by atoms with E-state index in [9.17, 15) is 26.4 Å². The van der Waals surface area contributed by atoms with Crippen LogP contribution in [0.2, 0.25) is 0 Å². The molecule has 176 valence electrons. The molecule has 33 heavy (non-hydrogen) atoms. The number of alkyl halides is 3. The second kappa shape index (κ2) is 9.36. The van der Waals surface area contributed by atoms with Gasteiger partial charge in [-0.25, -0.2) is 17.8 Å². The Labute approximate surface area is 189 Å². The van der Waals surface area contributed by atoms with Crippen LogP contribution < -0.4 is 10.0 Å². The van der Waals surface area contributed by atoms with Crippen LogP contribution in [0.25, 0.3) is 5.69 Å². The van der Waals surface area contributed by atoms with E-state index in [1.165, 1.54) is 23.0 Å². The van der Waals surface area contributed by atoms with Crippen molar-refractivity contribution in [2.45, 2.75) is 31.8 Å². The first-order chi connectivity index (χ1) is 15.4. The first kappa shape index (κ1) is 24.5. The van der Waals surface area contributed by atoms with Crippen LogP contribution in [0.4, 0.5) is 13.2 Å². The van der Waals surface area contributed by atoms with Gasteiger partial charge < -0.3 is 5.32 Å². The quantitative estimate of drug-likeness (QED) is 0.506. The molecule has 3 rings (SSSR count). The molecule has 0 atom stereocenters. The molecule has 0 aliphatic rings. The largest absolute Gasteiger partial charge is 0.416 e. The number of nitrogens with one attached hydrogen (secondary N) is 2. The van der Waals surface area contributed by atoms with Gasteiger partial charge in [0.15, 0.2) is 0 Å². The lowest BCUT2D eigenvalue weighted by Gasteiger charge is -2.11. The van der Waals surface area contributed by atoms with Crippen molar-refractivity contribution in [3.63, 3.8) is 0 Å². The van der Waals surface area contributed by atoms with Gasteiger partial charge in [-0.05, 0) is 56.2 Å². The number of nitrogens with zero attached hydrogens (tertiary/aromatic N) is 2. The summed E-state index contributed by atoms with van der Waals surface area (Å²) in [7, 11) is -3.74. The molecular weight excluding hydrogens is 457 g/mol. The molecule has 0 unspecified atom stereocenters. The molecule has 0 spiro atoms. The Balaban J connectivity index is 1.64. The molecule has 1 heterocycles. The van der Waals surface area contributed by atoms with Crippen LogP contribution in [0.1, 0.15) is 32.7 Å². The highest BCUT2D eigenvalue weighted by Gasteiger charge is 2.30. The number of sulfonamides is 1. The number of carbonyl (C=O) groups excluding carboxylic acids is 1. The van der Waals surface area contributed by atoms with Gasteiger partial charge in [0.2, 0.25) is 10.0 Å². The topological polar surface area (TPSA) is 93.1 Å². The minimum absolute atomic E-state index is 0.0110. The smallest absolute Gasteiger partial charge is 0.351 e. The van der Waals surface area contributed by atoms with Crippen molar-refractivity contribution in [3.05, 3.63) is 76.6 Å². The maximum Gasteiger partial charge on any atom is 0.416 e. The normalized spacial score (nSPS) is 12.1. The Morgan fingerprint density at radius 2 is 1.79 bits per heavy atom. The summed E-state index contributed by atoms with van der Waals surface area (Å²) >= 11 is 0. The van der Waals surface area contributed by atoms with E-state index in [1.54, 1.807) is 32.9 Å². The van der Waals surface area contributed by atoms with Crippen molar-refractivity contribution in [3.8, 4) is 5.69 Å². The van der Waals surface area contributed by atoms with E-state index >= 15 is 0 Å². The number of hydrogen-bond donors (Lipinski definition) is 2. The molecular formula is C22H23F3N4O3S. The second-order valence-electron chi connectivity index (χ2n) is 7.53. The van der Waals surface area contributed by atoms with Crippen molar-refractivity contribution >= 4 is 15.9 Å². The van der Waals surface area contributed by atoms with Gasteiger partial charge in [0.25, 0.3) is 5.91 Å². The van der Waals surface area contributed by atoms with Crippen LogP contribution in [-0.2, 0) is 16.2 Å². The molecule has 1 aromatic heterocycles. The van der Waals surface area contributed by atoms with E-state index in [-0.39, 0.29) is 29.2 Å². The van der Waals surface area contributed by atoms with E-state index in [0.29, 0.717) is 11.3 Å². The summed E-state index contributed by atoms with van der Waals surface area (Å²) in [5, 5.41) is 6.62. The lowest BCUT2D eigenvalue weighted by atomic mass is 10.2. The van der Waals surface area contributed by atoms with E-state index in [2.05, 4.69) is 15.1 Å². The Morgan fingerprint density at radius 1 is 1.06 bits per heavy atom. The lowest BCUT2D eigenvalue weighted by molar-refractivity contribution is -0.137. The molecule has 0 fully saturated rings. The molecule has 7 nitrogen and oxygen atoms in total. The average molecular weight is 481 g/mol. The van der Waals surface area contributed by atoms with Crippen LogP contribution in [-0.4, -0.2) is 37.2 Å². The molecule has 2 aromatic carbocycles. The van der Waals surface area contributed by atoms with Crippen LogP contribution in [0.5, 0.6) is 0 Å². The van der Waals surface area contributed by atoms with Crippen LogP contribution in [0, 0.1) is 20.8 Å². The van der Waals surface area contributed by atoms with Crippen LogP contribution in [0.15, 0.2) is 53.6 Å². The fourth-order valence-corrected chi connectivity index (χ4v) is 4.60. The van der Waals surface area contributed by atoms with Crippen molar-refractivity contribution < 1.29 is 26.4 Å². The Morgan fingerprint density at radius 3 is 2.48 bits per heavy atom. The number of halogens is 3. The van der Waals surface area contributed by atoms with Crippen molar-refractivity contribution in [2.24, 2.45) is 0 Å². The highest BCUT2D eigenvalue weighted by atomic mass is 32.2. The van der Waals surface area contributed by atoms with Crippen LogP contribution in [0.3, 0.4) is 0 Å². The lowest BCUT2D eigenvalue weighted by Crippen LogP contribution is -2.35. The third-order valence-electron chi connectivity index (χ3n) is 5.01. The SMILES string of the molecule is Cc1ccc(C)c(S(=O)(=O)NCCNC(=O)c2cnn(-c3cccc(C(F)(F)F)c3)c2C)c1. The summed E-state index contributed by atoms with van der Waals surface area (Å²) < 4.78 is 67.7. The van der Waals surface area contributed by atoms with Crippen molar-refractivity contribution in [2.75, 3.05) is 13.1 Å².